The molecule has 84 valence electrons. The van der Waals surface area contributed by atoms with Crippen LogP contribution in [0.25, 0.3) is 11.5 Å². The normalized spacial score (nSPS) is 12.7. The summed E-state index contributed by atoms with van der Waals surface area (Å²) in [6, 6.07) is 4.90. The van der Waals surface area contributed by atoms with Crippen LogP contribution in [-0.2, 0) is 0 Å². The van der Waals surface area contributed by atoms with Crippen LogP contribution < -0.4 is 5.73 Å². The molecule has 0 bridgehead atoms. The maximum Gasteiger partial charge on any atom is 0.247 e. The Labute approximate surface area is 92.9 Å². The van der Waals surface area contributed by atoms with Crippen LogP contribution in [0.15, 0.2) is 22.6 Å². The summed E-state index contributed by atoms with van der Waals surface area (Å²) in [5.41, 5.74) is 7.10. The van der Waals surface area contributed by atoms with Gasteiger partial charge in [0.15, 0.2) is 0 Å². The van der Waals surface area contributed by atoms with Gasteiger partial charge in [0.1, 0.15) is 5.75 Å². The molecule has 1 aromatic heterocycles. The highest BCUT2D eigenvalue weighted by molar-refractivity contribution is 5.57. The van der Waals surface area contributed by atoms with E-state index >= 15 is 0 Å². The number of phenolic OH excluding ortho intramolecular Hbond substituents is 1. The van der Waals surface area contributed by atoms with Gasteiger partial charge in [-0.3, -0.25) is 0 Å². The Morgan fingerprint density at radius 1 is 1.38 bits per heavy atom. The molecule has 3 N–H and O–H groups in total. The molecule has 1 aromatic carbocycles. The van der Waals surface area contributed by atoms with Gasteiger partial charge in [-0.1, -0.05) is 6.07 Å². The number of nitrogens with two attached hydrogens (primary N) is 1. The highest BCUT2D eigenvalue weighted by Gasteiger charge is 2.12. The lowest BCUT2D eigenvalue weighted by atomic mass is 10.1. The van der Waals surface area contributed by atoms with E-state index in [0.717, 1.165) is 5.56 Å². The Morgan fingerprint density at radius 3 is 2.69 bits per heavy atom. The van der Waals surface area contributed by atoms with Crippen molar-refractivity contribution in [2.24, 2.45) is 5.73 Å². The van der Waals surface area contributed by atoms with E-state index in [2.05, 4.69) is 10.2 Å². The van der Waals surface area contributed by atoms with Gasteiger partial charge in [0.25, 0.3) is 0 Å². The van der Waals surface area contributed by atoms with Crippen molar-refractivity contribution in [2.75, 3.05) is 0 Å². The van der Waals surface area contributed by atoms with Gasteiger partial charge in [0.05, 0.1) is 6.04 Å². The molecule has 0 aliphatic rings. The Morgan fingerprint density at radius 2 is 2.12 bits per heavy atom. The maximum atomic E-state index is 9.56. The van der Waals surface area contributed by atoms with Crippen LogP contribution in [0, 0.1) is 6.92 Å². The molecule has 5 nitrogen and oxygen atoms in total. The zero-order valence-electron chi connectivity index (χ0n) is 9.14. The van der Waals surface area contributed by atoms with Gasteiger partial charge < -0.3 is 15.3 Å². The Hall–Kier alpha value is -1.88. The van der Waals surface area contributed by atoms with Crippen LogP contribution in [0.2, 0.25) is 0 Å². The molecule has 0 fully saturated rings. The van der Waals surface area contributed by atoms with Gasteiger partial charge >= 0.3 is 0 Å². The van der Waals surface area contributed by atoms with E-state index in [-0.39, 0.29) is 11.8 Å². The molecule has 1 atom stereocenters. The van der Waals surface area contributed by atoms with E-state index in [0.29, 0.717) is 17.3 Å². The topological polar surface area (TPSA) is 85.2 Å². The van der Waals surface area contributed by atoms with Gasteiger partial charge in [-0.25, -0.2) is 0 Å². The Balaban J connectivity index is 2.39. The van der Waals surface area contributed by atoms with E-state index in [9.17, 15) is 5.11 Å². The molecule has 0 amide bonds. The number of phenols is 1. The number of hydrogen-bond acceptors (Lipinski definition) is 5. The summed E-state index contributed by atoms with van der Waals surface area (Å²) in [4.78, 5) is 0. The van der Waals surface area contributed by atoms with E-state index in [1.165, 1.54) is 0 Å². The molecule has 0 aliphatic heterocycles. The predicted molar refractivity (Wildman–Crippen MR) is 58.7 cm³/mol. The summed E-state index contributed by atoms with van der Waals surface area (Å²) in [6.07, 6.45) is 0. The number of hydrogen-bond donors (Lipinski definition) is 2. The lowest BCUT2D eigenvalue weighted by Gasteiger charge is -2.00. The number of aromatic hydroxyl groups is 1. The molecular formula is C11H13N3O2. The quantitative estimate of drug-likeness (QED) is 0.804. The molecule has 2 rings (SSSR count). The fourth-order valence-electron chi connectivity index (χ4n) is 1.28. The van der Waals surface area contributed by atoms with Gasteiger partial charge in [-0.15, -0.1) is 10.2 Å². The SMILES string of the molecule is Cc1ccc(-c2nnc(C(C)N)o2)cc1O. The molecule has 0 saturated carbocycles. The van der Waals surface area contributed by atoms with Crippen molar-refractivity contribution in [1.82, 2.24) is 10.2 Å². The third-order valence-corrected chi connectivity index (χ3v) is 2.29. The van der Waals surface area contributed by atoms with Crippen molar-refractivity contribution in [1.29, 1.82) is 0 Å². The zero-order valence-corrected chi connectivity index (χ0v) is 9.14. The molecule has 5 heteroatoms. The number of rotatable bonds is 2. The lowest BCUT2D eigenvalue weighted by molar-refractivity contribution is 0.466. The minimum absolute atomic E-state index is 0.207. The van der Waals surface area contributed by atoms with Crippen molar-refractivity contribution in [3.05, 3.63) is 29.7 Å². The highest BCUT2D eigenvalue weighted by atomic mass is 16.4. The molecule has 0 aliphatic carbocycles. The molecule has 0 spiro atoms. The van der Waals surface area contributed by atoms with Crippen LogP contribution in [0.4, 0.5) is 0 Å². The first kappa shape index (κ1) is 10.6. The van der Waals surface area contributed by atoms with Crippen LogP contribution in [0.3, 0.4) is 0 Å². The summed E-state index contributed by atoms with van der Waals surface area (Å²) in [5, 5.41) is 17.3. The van der Waals surface area contributed by atoms with E-state index < -0.39 is 0 Å². The van der Waals surface area contributed by atoms with E-state index in [1.807, 2.05) is 13.0 Å². The molecule has 1 unspecified atom stereocenters. The number of aromatic nitrogens is 2. The van der Waals surface area contributed by atoms with Gasteiger partial charge in [0.2, 0.25) is 11.8 Å². The molecule has 0 radical (unpaired) electrons. The summed E-state index contributed by atoms with van der Waals surface area (Å²) < 4.78 is 5.37. The molecule has 0 saturated heterocycles. The minimum atomic E-state index is -0.291. The van der Waals surface area contributed by atoms with Crippen LogP contribution in [0.5, 0.6) is 5.75 Å². The second-order valence-electron chi connectivity index (χ2n) is 3.74. The first-order chi connectivity index (χ1) is 7.58. The monoisotopic (exact) mass is 219 g/mol. The number of benzene rings is 1. The van der Waals surface area contributed by atoms with E-state index in [4.69, 9.17) is 10.2 Å². The molecular weight excluding hydrogens is 206 g/mol. The Kier molecular flexibility index (Phi) is 2.62. The second kappa shape index (κ2) is 3.94. The number of nitrogens with zero attached hydrogens (tertiary/aromatic N) is 2. The summed E-state index contributed by atoms with van der Waals surface area (Å²) >= 11 is 0. The predicted octanol–water partition coefficient (Wildman–Crippen LogP) is 1.77. The third-order valence-electron chi connectivity index (χ3n) is 2.29. The van der Waals surface area contributed by atoms with Gasteiger partial charge in [-0.2, -0.15) is 0 Å². The van der Waals surface area contributed by atoms with Gasteiger partial charge in [0, 0.05) is 5.56 Å². The molecule has 16 heavy (non-hydrogen) atoms. The largest absolute Gasteiger partial charge is 0.508 e. The average molecular weight is 219 g/mol. The van der Waals surface area contributed by atoms with Crippen LogP contribution in [-0.4, -0.2) is 15.3 Å². The lowest BCUT2D eigenvalue weighted by Crippen LogP contribution is -2.04. The van der Waals surface area contributed by atoms with Crippen molar-refractivity contribution in [3.8, 4) is 17.2 Å². The van der Waals surface area contributed by atoms with E-state index in [1.54, 1.807) is 19.1 Å². The first-order valence-corrected chi connectivity index (χ1v) is 4.97. The fourth-order valence-corrected chi connectivity index (χ4v) is 1.28. The minimum Gasteiger partial charge on any atom is -0.508 e. The van der Waals surface area contributed by atoms with Crippen molar-refractivity contribution in [3.63, 3.8) is 0 Å². The standard InChI is InChI=1S/C11H13N3O2/c1-6-3-4-8(5-9(6)15)11-14-13-10(16-11)7(2)12/h3-5,7,15H,12H2,1-2H3. The molecule has 2 aromatic rings. The maximum absolute atomic E-state index is 9.56. The van der Waals surface area contributed by atoms with Gasteiger partial charge in [-0.05, 0) is 31.5 Å². The van der Waals surface area contributed by atoms with Crippen LogP contribution in [0.1, 0.15) is 24.4 Å². The summed E-state index contributed by atoms with van der Waals surface area (Å²) in [6.45, 7) is 3.59. The van der Waals surface area contributed by atoms with Crippen molar-refractivity contribution >= 4 is 0 Å². The second-order valence-corrected chi connectivity index (χ2v) is 3.74. The van der Waals surface area contributed by atoms with Crippen LogP contribution >= 0.6 is 0 Å². The van der Waals surface area contributed by atoms with Crippen molar-refractivity contribution in [2.45, 2.75) is 19.9 Å². The summed E-state index contributed by atoms with van der Waals surface area (Å²) in [7, 11) is 0. The highest BCUT2D eigenvalue weighted by Crippen LogP contribution is 2.25. The first-order valence-electron chi connectivity index (χ1n) is 4.97. The molecule has 1 heterocycles. The fraction of sp³-hybridized carbons (Fsp3) is 0.273. The smallest absolute Gasteiger partial charge is 0.247 e. The zero-order chi connectivity index (χ0) is 11.7. The summed E-state index contributed by atoms with van der Waals surface area (Å²) in [5.74, 6) is 0.954. The average Bonchev–Trinajstić information content (AvgIpc) is 2.71. The third kappa shape index (κ3) is 1.90. The number of aryl methyl sites for hydroxylation is 1. The van der Waals surface area contributed by atoms with Crippen molar-refractivity contribution < 1.29 is 9.52 Å². The Bertz CT molecular complexity index is 506.